The SMILES string of the molecule is CCCCS(=O)(=O)N1CCC(Cn2ccnc2-c2ccccc2)CC1. The van der Waals surface area contributed by atoms with Crippen molar-refractivity contribution in [2.24, 2.45) is 5.92 Å². The van der Waals surface area contributed by atoms with Crippen LogP contribution in [0.1, 0.15) is 32.6 Å². The van der Waals surface area contributed by atoms with E-state index in [4.69, 9.17) is 0 Å². The quantitative estimate of drug-likeness (QED) is 0.759. The number of sulfonamides is 1. The maximum absolute atomic E-state index is 12.3. The fourth-order valence-corrected chi connectivity index (χ4v) is 5.09. The summed E-state index contributed by atoms with van der Waals surface area (Å²) in [5.74, 6) is 1.77. The minimum absolute atomic E-state index is 0.286. The molecule has 1 aromatic carbocycles. The molecule has 136 valence electrons. The van der Waals surface area contributed by atoms with Crippen molar-refractivity contribution in [2.75, 3.05) is 18.8 Å². The highest BCUT2D eigenvalue weighted by molar-refractivity contribution is 7.89. The predicted octanol–water partition coefficient (Wildman–Crippen LogP) is 3.39. The number of nitrogens with zero attached hydrogens (tertiary/aromatic N) is 3. The molecule has 0 unspecified atom stereocenters. The lowest BCUT2D eigenvalue weighted by molar-refractivity contribution is 0.253. The van der Waals surface area contributed by atoms with Crippen LogP contribution in [0.15, 0.2) is 42.7 Å². The molecule has 1 aliphatic heterocycles. The van der Waals surface area contributed by atoms with Crippen LogP contribution >= 0.6 is 0 Å². The molecule has 2 heterocycles. The second-order valence-electron chi connectivity index (χ2n) is 6.78. The monoisotopic (exact) mass is 361 g/mol. The average Bonchev–Trinajstić information content (AvgIpc) is 3.09. The van der Waals surface area contributed by atoms with E-state index in [1.54, 1.807) is 4.31 Å². The van der Waals surface area contributed by atoms with Gasteiger partial charge in [-0.2, -0.15) is 0 Å². The number of hydrogen-bond donors (Lipinski definition) is 0. The number of imidazole rings is 1. The second kappa shape index (κ2) is 8.15. The summed E-state index contributed by atoms with van der Waals surface area (Å²) in [4.78, 5) is 4.50. The highest BCUT2D eigenvalue weighted by atomic mass is 32.2. The van der Waals surface area contributed by atoms with Gasteiger partial charge in [-0.1, -0.05) is 43.7 Å². The van der Waals surface area contributed by atoms with E-state index < -0.39 is 10.0 Å². The van der Waals surface area contributed by atoms with E-state index in [0.717, 1.165) is 43.6 Å². The molecule has 3 rings (SSSR count). The topological polar surface area (TPSA) is 55.2 Å². The summed E-state index contributed by atoms with van der Waals surface area (Å²) in [5.41, 5.74) is 1.12. The maximum Gasteiger partial charge on any atom is 0.214 e. The molecule has 0 radical (unpaired) electrons. The molecule has 0 spiro atoms. The Bertz CT molecular complexity index is 763. The van der Waals surface area contributed by atoms with Gasteiger partial charge in [0.05, 0.1) is 5.75 Å². The van der Waals surface area contributed by atoms with Gasteiger partial charge in [0.2, 0.25) is 10.0 Å². The van der Waals surface area contributed by atoms with E-state index in [2.05, 4.69) is 21.7 Å². The zero-order valence-corrected chi connectivity index (χ0v) is 15.7. The first-order valence-corrected chi connectivity index (χ1v) is 10.8. The molecule has 0 bridgehead atoms. The van der Waals surface area contributed by atoms with Crippen molar-refractivity contribution in [3.8, 4) is 11.4 Å². The summed E-state index contributed by atoms with van der Waals surface area (Å²) in [5, 5.41) is 0. The first kappa shape index (κ1) is 18.1. The smallest absolute Gasteiger partial charge is 0.214 e. The summed E-state index contributed by atoms with van der Waals surface area (Å²) < 4.78 is 28.5. The number of hydrogen-bond acceptors (Lipinski definition) is 3. The lowest BCUT2D eigenvalue weighted by Crippen LogP contribution is -2.40. The lowest BCUT2D eigenvalue weighted by Gasteiger charge is -2.31. The molecule has 0 saturated carbocycles. The van der Waals surface area contributed by atoms with Crippen LogP contribution in [0.2, 0.25) is 0 Å². The van der Waals surface area contributed by atoms with E-state index in [9.17, 15) is 8.42 Å². The fraction of sp³-hybridized carbons (Fsp3) is 0.526. The maximum atomic E-state index is 12.3. The standard InChI is InChI=1S/C19H27N3O2S/c1-2-3-15-25(23,24)22-12-9-17(10-13-22)16-21-14-11-20-19(21)18-7-5-4-6-8-18/h4-8,11,14,17H,2-3,9-10,12-13,15-16H2,1H3. The largest absolute Gasteiger partial charge is 0.331 e. The molecule has 0 amide bonds. The second-order valence-corrected chi connectivity index (χ2v) is 8.87. The minimum Gasteiger partial charge on any atom is -0.331 e. The number of benzene rings is 1. The molecular formula is C19H27N3O2S. The van der Waals surface area contributed by atoms with Crippen LogP contribution in [0.4, 0.5) is 0 Å². The van der Waals surface area contributed by atoms with Crippen molar-refractivity contribution in [1.29, 1.82) is 0 Å². The molecule has 0 N–H and O–H groups in total. The first-order chi connectivity index (χ1) is 12.1. The molecular weight excluding hydrogens is 334 g/mol. The van der Waals surface area contributed by atoms with Crippen LogP contribution in [0.5, 0.6) is 0 Å². The number of unbranched alkanes of at least 4 members (excludes halogenated alkanes) is 1. The first-order valence-electron chi connectivity index (χ1n) is 9.14. The van der Waals surface area contributed by atoms with Crippen molar-refractivity contribution < 1.29 is 8.42 Å². The number of piperidine rings is 1. The summed E-state index contributed by atoms with van der Waals surface area (Å²) >= 11 is 0. The van der Waals surface area contributed by atoms with E-state index in [1.165, 1.54) is 0 Å². The van der Waals surface area contributed by atoms with Crippen molar-refractivity contribution >= 4 is 10.0 Å². The Balaban J connectivity index is 1.60. The third-order valence-corrected chi connectivity index (χ3v) is 6.88. The van der Waals surface area contributed by atoms with Gasteiger partial charge < -0.3 is 4.57 Å². The molecule has 1 fully saturated rings. The fourth-order valence-electron chi connectivity index (χ4n) is 3.41. The van der Waals surface area contributed by atoms with Crippen molar-refractivity contribution in [2.45, 2.75) is 39.2 Å². The molecule has 5 nitrogen and oxygen atoms in total. The molecule has 25 heavy (non-hydrogen) atoms. The predicted molar refractivity (Wildman–Crippen MR) is 101 cm³/mol. The molecule has 1 aliphatic rings. The Kier molecular flexibility index (Phi) is 5.91. The van der Waals surface area contributed by atoms with Crippen molar-refractivity contribution in [1.82, 2.24) is 13.9 Å². The van der Waals surface area contributed by atoms with Gasteiger partial charge in [0.1, 0.15) is 5.82 Å². The van der Waals surface area contributed by atoms with Gasteiger partial charge in [-0.05, 0) is 25.2 Å². The number of rotatable bonds is 7. The van der Waals surface area contributed by atoms with E-state index in [-0.39, 0.29) is 5.75 Å². The van der Waals surface area contributed by atoms with E-state index in [0.29, 0.717) is 19.0 Å². The molecule has 1 aromatic heterocycles. The van der Waals surface area contributed by atoms with Crippen molar-refractivity contribution in [3.63, 3.8) is 0 Å². The Morgan fingerprint density at radius 2 is 1.88 bits per heavy atom. The van der Waals surface area contributed by atoms with Crippen LogP contribution in [0.3, 0.4) is 0 Å². The Labute approximate surface area is 150 Å². The minimum atomic E-state index is -3.07. The van der Waals surface area contributed by atoms with Crippen molar-refractivity contribution in [3.05, 3.63) is 42.7 Å². The lowest BCUT2D eigenvalue weighted by atomic mass is 9.98. The van der Waals surface area contributed by atoms with Crippen LogP contribution in [-0.4, -0.2) is 41.1 Å². The Morgan fingerprint density at radius 3 is 2.56 bits per heavy atom. The van der Waals surface area contributed by atoms with E-state index in [1.807, 2.05) is 37.5 Å². The summed E-state index contributed by atoms with van der Waals surface area (Å²) in [6, 6.07) is 10.2. The van der Waals surface area contributed by atoms with Gasteiger partial charge in [0, 0.05) is 37.6 Å². The van der Waals surface area contributed by atoms with Gasteiger partial charge in [0.15, 0.2) is 0 Å². The molecule has 0 aliphatic carbocycles. The summed E-state index contributed by atoms with van der Waals surface area (Å²) in [6.07, 6.45) is 7.35. The Morgan fingerprint density at radius 1 is 1.16 bits per heavy atom. The van der Waals surface area contributed by atoms with Gasteiger partial charge >= 0.3 is 0 Å². The molecule has 2 aromatic rings. The summed E-state index contributed by atoms with van der Waals surface area (Å²) in [7, 11) is -3.07. The van der Waals surface area contributed by atoms with Crippen LogP contribution in [0, 0.1) is 5.92 Å². The highest BCUT2D eigenvalue weighted by Gasteiger charge is 2.27. The highest BCUT2D eigenvalue weighted by Crippen LogP contribution is 2.24. The molecule has 6 heteroatoms. The van der Waals surface area contributed by atoms with Gasteiger partial charge in [0.25, 0.3) is 0 Å². The zero-order valence-electron chi connectivity index (χ0n) is 14.8. The Hall–Kier alpha value is -1.66. The number of aromatic nitrogens is 2. The van der Waals surface area contributed by atoms with Crippen LogP contribution in [-0.2, 0) is 16.6 Å². The van der Waals surface area contributed by atoms with Gasteiger partial charge in [-0.25, -0.2) is 17.7 Å². The third-order valence-electron chi connectivity index (χ3n) is 4.93. The van der Waals surface area contributed by atoms with Crippen LogP contribution < -0.4 is 0 Å². The molecule has 0 atom stereocenters. The zero-order chi connectivity index (χ0) is 17.7. The van der Waals surface area contributed by atoms with E-state index >= 15 is 0 Å². The normalized spacial score (nSPS) is 17.0. The average molecular weight is 362 g/mol. The van der Waals surface area contributed by atoms with Crippen LogP contribution in [0.25, 0.3) is 11.4 Å². The molecule has 1 saturated heterocycles. The third kappa shape index (κ3) is 4.50. The van der Waals surface area contributed by atoms with Gasteiger partial charge in [-0.15, -0.1) is 0 Å². The van der Waals surface area contributed by atoms with Gasteiger partial charge in [-0.3, -0.25) is 0 Å². The summed E-state index contributed by atoms with van der Waals surface area (Å²) in [6.45, 7) is 4.21.